The summed E-state index contributed by atoms with van der Waals surface area (Å²) < 4.78 is 29.0. The van der Waals surface area contributed by atoms with Gasteiger partial charge >= 0.3 is 0 Å². The van der Waals surface area contributed by atoms with Crippen molar-refractivity contribution < 1.29 is 8.78 Å². The van der Waals surface area contributed by atoms with E-state index in [-0.39, 0.29) is 11.4 Å². The van der Waals surface area contributed by atoms with Gasteiger partial charge in [-0.2, -0.15) is 5.26 Å². The van der Waals surface area contributed by atoms with Crippen LogP contribution in [-0.2, 0) is 0 Å². The number of aromatic nitrogens is 2. The Kier molecular flexibility index (Phi) is 3.07. The predicted molar refractivity (Wildman–Crippen MR) is 77.8 cm³/mol. The number of nitrogens with one attached hydrogen (secondary N) is 1. The maximum absolute atomic E-state index is 13.6. The van der Waals surface area contributed by atoms with Crippen LogP contribution < -0.4 is 0 Å². The molecule has 0 amide bonds. The van der Waals surface area contributed by atoms with Crippen molar-refractivity contribution in [3.8, 4) is 11.8 Å². The van der Waals surface area contributed by atoms with E-state index in [9.17, 15) is 8.78 Å². The van der Waals surface area contributed by atoms with Gasteiger partial charge < -0.3 is 4.98 Å². The summed E-state index contributed by atoms with van der Waals surface area (Å²) in [5.74, 6) is -0.919. The molecule has 0 aliphatic heterocycles. The summed E-state index contributed by atoms with van der Waals surface area (Å²) in [5, 5.41) is 8.92. The average Bonchev–Trinajstić information content (AvgIpc) is 2.75. The van der Waals surface area contributed by atoms with E-state index in [1.54, 1.807) is 23.6 Å². The third-order valence-corrected chi connectivity index (χ3v) is 3.58. The zero-order chi connectivity index (χ0) is 15.1. The first kappa shape index (κ1) is 13.5. The topological polar surface area (TPSA) is 44.5 Å². The van der Waals surface area contributed by atoms with Crippen molar-refractivity contribution in [2.75, 3.05) is 0 Å². The van der Waals surface area contributed by atoms with Crippen LogP contribution in [0.2, 0.25) is 0 Å². The largest absolute Gasteiger partial charge is 0.330 e. The summed E-state index contributed by atoms with van der Waals surface area (Å²) in [6, 6.07) is 8.97. The van der Waals surface area contributed by atoms with Crippen molar-refractivity contribution >= 4 is 23.3 Å². The molecule has 0 unspecified atom stereocenters. The van der Waals surface area contributed by atoms with Gasteiger partial charge in [0.1, 0.15) is 17.7 Å². The van der Waals surface area contributed by atoms with Crippen molar-refractivity contribution in [3.05, 3.63) is 57.9 Å². The van der Waals surface area contributed by atoms with Gasteiger partial charge in [0.25, 0.3) is 0 Å². The van der Waals surface area contributed by atoms with Gasteiger partial charge in [-0.25, -0.2) is 8.78 Å². The van der Waals surface area contributed by atoms with E-state index in [0.29, 0.717) is 27.1 Å². The van der Waals surface area contributed by atoms with Gasteiger partial charge in [-0.3, -0.25) is 4.57 Å². The first-order chi connectivity index (χ1) is 10.0. The highest BCUT2D eigenvalue weighted by atomic mass is 32.1. The number of nitrogens with zero attached hydrogens (tertiary/aromatic N) is 2. The average molecular weight is 301 g/mol. The number of imidazole rings is 1. The summed E-state index contributed by atoms with van der Waals surface area (Å²) in [5.41, 5.74) is 2.19. The van der Waals surface area contributed by atoms with Gasteiger partial charge in [0.2, 0.25) is 0 Å². The number of rotatable bonds is 1. The van der Waals surface area contributed by atoms with Crippen LogP contribution in [0.15, 0.2) is 30.3 Å². The predicted octanol–water partition coefficient (Wildman–Crippen LogP) is 4.15. The summed E-state index contributed by atoms with van der Waals surface area (Å²) in [6.45, 7) is 1.65. The summed E-state index contributed by atoms with van der Waals surface area (Å²) >= 11 is 5.24. The minimum absolute atomic E-state index is 0.0671. The van der Waals surface area contributed by atoms with Crippen LogP contribution in [0, 0.1) is 34.7 Å². The normalized spacial score (nSPS) is 10.8. The van der Waals surface area contributed by atoms with Gasteiger partial charge in [-0.1, -0.05) is 0 Å². The van der Waals surface area contributed by atoms with E-state index in [0.717, 1.165) is 0 Å². The smallest absolute Gasteiger partial charge is 0.182 e. The second-order valence-electron chi connectivity index (χ2n) is 4.66. The lowest BCUT2D eigenvalue weighted by Gasteiger charge is -2.06. The molecule has 3 nitrogen and oxygen atoms in total. The minimum Gasteiger partial charge on any atom is -0.330 e. The molecule has 0 saturated carbocycles. The zero-order valence-corrected chi connectivity index (χ0v) is 11.8. The molecule has 0 aliphatic rings. The fourth-order valence-corrected chi connectivity index (χ4v) is 2.54. The third-order valence-electron chi connectivity index (χ3n) is 3.29. The number of halogens is 2. The van der Waals surface area contributed by atoms with Crippen molar-refractivity contribution in [1.29, 1.82) is 5.26 Å². The number of hydrogen-bond acceptors (Lipinski definition) is 2. The maximum Gasteiger partial charge on any atom is 0.182 e. The Morgan fingerprint density at radius 1 is 1.19 bits per heavy atom. The Balaban J connectivity index is 2.35. The number of fused-ring (bicyclic) bond motifs is 1. The lowest BCUT2D eigenvalue weighted by Crippen LogP contribution is -1.96. The maximum atomic E-state index is 13.6. The molecule has 1 N–H and O–H groups in total. The van der Waals surface area contributed by atoms with Crippen LogP contribution in [0.25, 0.3) is 16.7 Å². The van der Waals surface area contributed by atoms with Gasteiger partial charge in [0, 0.05) is 5.69 Å². The molecule has 0 atom stereocenters. The van der Waals surface area contributed by atoms with Crippen LogP contribution >= 0.6 is 12.2 Å². The van der Waals surface area contributed by atoms with Gasteiger partial charge in [0.05, 0.1) is 16.6 Å². The molecule has 104 valence electrons. The molecule has 2 aromatic carbocycles. The number of aromatic amines is 1. The lowest BCUT2D eigenvalue weighted by molar-refractivity contribution is 0.620. The van der Waals surface area contributed by atoms with Crippen molar-refractivity contribution in [1.82, 2.24) is 9.55 Å². The van der Waals surface area contributed by atoms with E-state index in [4.69, 9.17) is 17.5 Å². The summed E-state index contributed by atoms with van der Waals surface area (Å²) in [4.78, 5) is 2.91. The Morgan fingerprint density at radius 3 is 2.67 bits per heavy atom. The molecule has 1 heterocycles. The molecule has 3 aromatic rings. The second kappa shape index (κ2) is 4.79. The molecule has 0 spiro atoms. The fourth-order valence-electron chi connectivity index (χ4n) is 2.23. The number of benzene rings is 2. The second-order valence-corrected chi connectivity index (χ2v) is 5.05. The Hall–Kier alpha value is -2.52. The Bertz CT molecular complexity index is 963. The van der Waals surface area contributed by atoms with Gasteiger partial charge in [-0.05, 0) is 55.0 Å². The van der Waals surface area contributed by atoms with Crippen LogP contribution in [-0.4, -0.2) is 9.55 Å². The number of hydrogen-bond donors (Lipinski definition) is 1. The van der Waals surface area contributed by atoms with E-state index >= 15 is 0 Å². The molecule has 1 aromatic heterocycles. The highest BCUT2D eigenvalue weighted by Gasteiger charge is 2.11. The minimum atomic E-state index is -0.588. The van der Waals surface area contributed by atoms with E-state index < -0.39 is 5.82 Å². The quantitative estimate of drug-likeness (QED) is 0.686. The standard InChI is InChI=1S/C15H9F2N3S/c1-8-4-14-13(6-12(8)17)19-15(21)20(14)10-2-3-11(16)9(5-10)7-18/h2-6H,1H3,(H,19,21). The van der Waals surface area contributed by atoms with Crippen LogP contribution in [0.4, 0.5) is 8.78 Å². The molecule has 0 aliphatic carbocycles. The van der Waals surface area contributed by atoms with Gasteiger partial charge in [0.15, 0.2) is 4.77 Å². The molecule has 3 rings (SSSR count). The summed E-state index contributed by atoms with van der Waals surface area (Å²) in [7, 11) is 0. The van der Waals surface area contributed by atoms with Crippen molar-refractivity contribution in [2.45, 2.75) is 6.92 Å². The molecule has 0 bridgehead atoms. The first-order valence-corrected chi connectivity index (χ1v) is 6.53. The van der Waals surface area contributed by atoms with Crippen LogP contribution in [0.5, 0.6) is 0 Å². The number of nitriles is 1. The Labute approximate surface area is 124 Å². The molecule has 6 heteroatoms. The SMILES string of the molecule is Cc1cc2c(cc1F)[nH]c(=S)n2-c1ccc(F)c(C#N)c1. The number of H-pyrrole nitrogens is 1. The highest BCUT2D eigenvalue weighted by molar-refractivity contribution is 7.71. The molecule has 0 fully saturated rings. The third kappa shape index (κ3) is 2.12. The molecular formula is C15H9F2N3S. The fraction of sp³-hybridized carbons (Fsp3) is 0.0667. The molecule has 0 radical (unpaired) electrons. The van der Waals surface area contributed by atoms with Crippen LogP contribution in [0.3, 0.4) is 0 Å². The lowest BCUT2D eigenvalue weighted by atomic mass is 10.2. The molecule has 0 saturated heterocycles. The van der Waals surface area contributed by atoms with E-state index in [1.807, 2.05) is 0 Å². The molecule has 21 heavy (non-hydrogen) atoms. The van der Waals surface area contributed by atoms with Crippen molar-refractivity contribution in [3.63, 3.8) is 0 Å². The van der Waals surface area contributed by atoms with Crippen molar-refractivity contribution in [2.24, 2.45) is 0 Å². The number of aryl methyl sites for hydroxylation is 1. The Morgan fingerprint density at radius 2 is 1.95 bits per heavy atom. The highest BCUT2D eigenvalue weighted by Crippen LogP contribution is 2.23. The van der Waals surface area contributed by atoms with E-state index in [2.05, 4.69) is 4.98 Å². The molecular weight excluding hydrogens is 292 g/mol. The van der Waals surface area contributed by atoms with Crippen LogP contribution in [0.1, 0.15) is 11.1 Å². The summed E-state index contributed by atoms with van der Waals surface area (Å²) in [6.07, 6.45) is 0. The first-order valence-electron chi connectivity index (χ1n) is 6.12. The van der Waals surface area contributed by atoms with E-state index in [1.165, 1.54) is 24.3 Å². The monoisotopic (exact) mass is 301 g/mol. The van der Waals surface area contributed by atoms with Gasteiger partial charge in [-0.15, -0.1) is 0 Å². The zero-order valence-electron chi connectivity index (χ0n) is 10.9.